The molecule has 0 unspecified atom stereocenters. The number of hydrogen-bond donors (Lipinski definition) is 1. The summed E-state index contributed by atoms with van der Waals surface area (Å²) >= 11 is 0. The van der Waals surface area contributed by atoms with Crippen molar-refractivity contribution in [3.05, 3.63) is 0 Å². The Hall–Kier alpha value is -2.07. The normalized spacial score (nSPS) is 8.93. The zero-order chi connectivity index (χ0) is 28.3. The van der Waals surface area contributed by atoms with Crippen molar-refractivity contribution in [1.82, 2.24) is 6.15 Å². The molecule has 0 saturated carbocycles. The first-order valence-corrected chi connectivity index (χ1v) is 13.3. The summed E-state index contributed by atoms with van der Waals surface area (Å²) in [5, 5.41) is 0. The van der Waals surface area contributed by atoms with Gasteiger partial charge in [-0.1, -0.05) is 58.3 Å². The maximum Gasteiger partial charge on any atom is 1.00 e. The Morgan fingerprint density at radius 2 is 1.22 bits per heavy atom. The second kappa shape index (κ2) is 32.4. The molecule has 0 heterocycles. The van der Waals surface area contributed by atoms with Gasteiger partial charge >= 0.3 is 71.1 Å². The molecular formula is C29H56NNa2O8P. The third-order valence-corrected chi connectivity index (χ3v) is 4.70. The van der Waals surface area contributed by atoms with Crippen molar-refractivity contribution < 1.29 is 116 Å². The van der Waals surface area contributed by atoms with E-state index in [0.29, 0.717) is 6.42 Å². The second-order valence-corrected chi connectivity index (χ2v) is 8.40. The number of rotatable bonds is 15. The van der Waals surface area contributed by atoms with Crippen LogP contribution in [0, 0.1) is 83.4 Å². The summed E-state index contributed by atoms with van der Waals surface area (Å²) in [7, 11) is -5.52. The maximum absolute atomic E-state index is 12.0. The summed E-state index contributed by atoms with van der Waals surface area (Å²) in [4.78, 5) is 45.5. The number of hydrogen-bond acceptors (Lipinski definition) is 9. The number of unbranched alkanes of at least 4 members (excludes halogenated alkanes) is 8. The molecule has 0 bridgehead atoms. The van der Waals surface area contributed by atoms with Crippen LogP contribution in [0.5, 0.6) is 0 Å². The third-order valence-electron chi connectivity index (χ3n) is 4.21. The minimum Gasteiger partial charge on any atom is -0.790 e. The van der Waals surface area contributed by atoms with Crippen LogP contribution in [0.1, 0.15) is 89.7 Å². The van der Waals surface area contributed by atoms with Gasteiger partial charge in [-0.2, -0.15) is 0 Å². The Labute approximate surface area is 307 Å². The van der Waals surface area contributed by atoms with E-state index < -0.39 is 32.7 Å². The number of phosphoric acid groups is 1. The molecule has 0 aliphatic rings. The molecule has 0 amide bonds. The number of phosphoric ester groups is 1. The van der Waals surface area contributed by atoms with E-state index in [-0.39, 0.29) is 90.2 Å². The van der Waals surface area contributed by atoms with Gasteiger partial charge in [0.15, 0.2) is 6.61 Å². The van der Waals surface area contributed by atoms with Gasteiger partial charge in [-0.05, 0) is 77.5 Å². The zero-order valence-electron chi connectivity index (χ0n) is 23.9. The molecule has 0 aromatic heterocycles. The average Bonchev–Trinajstić information content (AvgIpc) is 2.86. The van der Waals surface area contributed by atoms with Crippen LogP contribution >= 0.6 is 7.82 Å². The molecule has 1 atom stereocenters. The fraction of sp³-hybridized carbons (Fsp3) is 0.448. The largest absolute Gasteiger partial charge is 1.00 e. The van der Waals surface area contributed by atoms with Crippen LogP contribution in [-0.4, -0.2) is 24.8 Å². The first kappa shape index (κ1) is 45.9. The van der Waals surface area contributed by atoms with Crippen LogP contribution in [0.2, 0.25) is 0 Å². The van der Waals surface area contributed by atoms with E-state index in [2.05, 4.69) is 87.2 Å². The van der Waals surface area contributed by atoms with Crippen molar-refractivity contribution in [1.29, 1.82) is 0 Å². The minimum absolute atomic E-state index is 0. The molecule has 0 aliphatic heterocycles. The van der Waals surface area contributed by atoms with Gasteiger partial charge in [0.25, 0.3) is 0 Å². The topological polar surface area (TPSA) is 160 Å². The van der Waals surface area contributed by atoms with Gasteiger partial charge < -0.3 is 34.5 Å². The number of carbonyl (C=O) groups is 2. The molecule has 0 aromatic rings. The SMILES string of the molecule is C#CC#CC#CC#CC#CC#CC#CC(=O)OC[C@H](OC(=O)CCCCCCCCCCC)OP(=O)([O-])[O-].N.[HH].[HH].[HH].[HH].[HH].[HH].[HH].[HH].[HH].[HH].[HH].[HH].[HH].[Na+].[Na+]. The first-order chi connectivity index (χ1) is 18.3. The molecule has 0 spiro atoms. The molecule has 0 aliphatic carbocycles. The van der Waals surface area contributed by atoms with Crippen LogP contribution in [0.3, 0.4) is 0 Å². The summed E-state index contributed by atoms with van der Waals surface area (Å²) in [6.45, 7) is 1.31. The fourth-order valence-electron chi connectivity index (χ4n) is 2.59. The van der Waals surface area contributed by atoms with Gasteiger partial charge in [-0.25, -0.2) is 4.79 Å². The smallest absolute Gasteiger partial charge is 0.790 e. The van der Waals surface area contributed by atoms with Crippen molar-refractivity contribution in [2.24, 2.45) is 0 Å². The molecule has 9 nitrogen and oxygen atoms in total. The van der Waals surface area contributed by atoms with Gasteiger partial charge in [-0.15, -0.1) is 6.42 Å². The molecule has 41 heavy (non-hydrogen) atoms. The van der Waals surface area contributed by atoms with Gasteiger partial charge in [0, 0.05) is 30.9 Å². The summed E-state index contributed by atoms with van der Waals surface area (Å²) in [5.74, 6) is 27.8. The molecule has 12 heteroatoms. The standard InChI is InChI=1S/C29H29O8P.H3N.2Na.13H2/c1-3-5-7-9-11-13-14-15-17-18-20-22-24-27(30)35-26-29(37-38(32,33)34)36-28(31)25-23-21-19-16-12-10-8-6-4-2;;;;;;;;;;;;;;;;/h1,29H,4,6,8,10,12,16,19,21,23,25-26H2,2H3,(H2,32,33,34);1H3;;;13*1H/q;;2*+1;;;;;;;;;;;;;/p-2/t29-;;;;;;;;;;;;;;;;/m1................/s1. The van der Waals surface area contributed by atoms with Gasteiger partial charge in [-0.3, -0.25) is 4.79 Å². The molecular weight excluding hydrogens is 567 g/mol. The van der Waals surface area contributed by atoms with Gasteiger partial charge in [0.05, 0.1) is 7.82 Å². The van der Waals surface area contributed by atoms with Crippen molar-refractivity contribution in [2.75, 3.05) is 6.61 Å². The predicted octanol–water partition coefficient (Wildman–Crippen LogP) is -0.813. The molecule has 0 radical (unpaired) electrons. The molecule has 0 fully saturated rings. The number of esters is 2. The number of carbonyl (C=O) groups excluding carboxylic acids is 2. The molecule has 0 aromatic carbocycles. The van der Waals surface area contributed by atoms with E-state index in [1.807, 2.05) is 5.92 Å². The fourth-order valence-corrected chi connectivity index (χ4v) is 2.99. The maximum atomic E-state index is 12.0. The van der Waals surface area contributed by atoms with E-state index >= 15 is 0 Å². The van der Waals surface area contributed by atoms with E-state index in [1.54, 1.807) is 0 Å². The summed E-state index contributed by atoms with van der Waals surface area (Å²) < 4.78 is 24.6. The van der Waals surface area contributed by atoms with E-state index in [0.717, 1.165) is 25.7 Å². The molecule has 0 rings (SSSR count). The Morgan fingerprint density at radius 1 is 0.780 bits per heavy atom. The van der Waals surface area contributed by atoms with Crippen LogP contribution in [0.15, 0.2) is 0 Å². The van der Waals surface area contributed by atoms with E-state index in [4.69, 9.17) is 11.2 Å². The van der Waals surface area contributed by atoms with Crippen LogP contribution in [0.4, 0.5) is 0 Å². The molecule has 0 saturated heterocycles. The quantitative estimate of drug-likeness (QED) is 0.0468. The summed E-state index contributed by atoms with van der Waals surface area (Å²) in [5.41, 5.74) is 0. The Morgan fingerprint density at radius 3 is 1.68 bits per heavy atom. The molecule has 232 valence electrons. The first-order valence-electron chi connectivity index (χ1n) is 11.8. The minimum atomic E-state index is -5.52. The Kier molecular flexibility index (Phi) is 36.3. The Balaban J connectivity index is -0.0000000570. The monoisotopic (exact) mass is 623 g/mol. The van der Waals surface area contributed by atoms with Crippen molar-refractivity contribution in [3.8, 4) is 83.4 Å². The second-order valence-electron chi connectivity index (χ2n) is 7.29. The van der Waals surface area contributed by atoms with E-state index in [9.17, 15) is 23.9 Å². The predicted molar refractivity (Wildman–Crippen MR) is 169 cm³/mol. The average molecular weight is 624 g/mol. The van der Waals surface area contributed by atoms with Gasteiger partial charge in [0.2, 0.25) is 6.29 Å². The van der Waals surface area contributed by atoms with E-state index in [1.165, 1.54) is 25.7 Å². The number of ether oxygens (including phenoxy) is 2. The summed E-state index contributed by atoms with van der Waals surface area (Å²) in [6, 6.07) is 0. The van der Waals surface area contributed by atoms with Crippen molar-refractivity contribution in [2.45, 2.75) is 77.4 Å². The third kappa shape index (κ3) is 35.9. The summed E-state index contributed by atoms with van der Waals surface area (Å²) in [6.07, 6.45) is 12.4. The van der Waals surface area contributed by atoms with Crippen LogP contribution < -0.4 is 75.1 Å². The Bertz CT molecular complexity index is 1290. The number of terminal acetylenes is 1. The molecule has 3 N–H and O–H groups in total. The van der Waals surface area contributed by atoms with Crippen LogP contribution in [0.25, 0.3) is 0 Å². The van der Waals surface area contributed by atoms with Gasteiger partial charge in [0.1, 0.15) is 0 Å². The van der Waals surface area contributed by atoms with Crippen molar-refractivity contribution >= 4 is 19.8 Å². The zero-order valence-corrected chi connectivity index (χ0v) is 28.7. The van der Waals surface area contributed by atoms with Crippen molar-refractivity contribution in [3.63, 3.8) is 0 Å². The van der Waals surface area contributed by atoms with Crippen LogP contribution in [-0.2, 0) is 28.2 Å².